The fraction of sp³-hybridized carbons (Fsp3) is 0.150. The second kappa shape index (κ2) is 8.82. The molecule has 0 fully saturated rings. The summed E-state index contributed by atoms with van der Waals surface area (Å²) in [4.78, 5) is 12.5. The molecule has 0 unspecified atom stereocenters. The van der Waals surface area contributed by atoms with Crippen LogP contribution in [0, 0.1) is 0 Å². The molecule has 4 nitrogen and oxygen atoms in total. The lowest BCUT2D eigenvalue weighted by atomic mass is 9.98. The van der Waals surface area contributed by atoms with E-state index in [1.54, 1.807) is 12.1 Å². The van der Waals surface area contributed by atoms with E-state index < -0.39 is 9.84 Å². The van der Waals surface area contributed by atoms with Crippen molar-refractivity contribution < 1.29 is 13.2 Å². The molecule has 0 saturated carbocycles. The Morgan fingerprint density at radius 2 is 1.48 bits per heavy atom. The molecule has 7 heteroatoms. The van der Waals surface area contributed by atoms with E-state index in [0.29, 0.717) is 0 Å². The van der Waals surface area contributed by atoms with E-state index in [2.05, 4.69) is 21.2 Å². The van der Waals surface area contributed by atoms with Crippen molar-refractivity contribution in [3.63, 3.8) is 0 Å². The molecule has 1 N–H and O–H groups in total. The van der Waals surface area contributed by atoms with Gasteiger partial charge in [0.15, 0.2) is 9.84 Å². The summed E-state index contributed by atoms with van der Waals surface area (Å²) in [6, 6.07) is 22.2. The lowest BCUT2D eigenvalue weighted by molar-refractivity contribution is -0.121. The summed E-state index contributed by atoms with van der Waals surface area (Å²) in [5.74, 6) is -0.519. The van der Waals surface area contributed by atoms with Crippen LogP contribution in [0.15, 0.2) is 80.8 Å². The number of halogens is 1. The van der Waals surface area contributed by atoms with Crippen molar-refractivity contribution in [3.05, 3.63) is 87.7 Å². The van der Waals surface area contributed by atoms with Crippen LogP contribution in [0.2, 0.25) is 0 Å². The number of rotatable bonds is 7. The van der Waals surface area contributed by atoms with Crippen molar-refractivity contribution in [3.8, 4) is 0 Å². The average molecular weight is 464 g/mol. The van der Waals surface area contributed by atoms with Crippen LogP contribution in [0.3, 0.4) is 0 Å². The average Bonchev–Trinajstić information content (AvgIpc) is 3.13. The number of carbonyl (C=O) groups excluding carboxylic acids is 1. The van der Waals surface area contributed by atoms with Gasteiger partial charge in [-0.1, -0.05) is 60.7 Å². The van der Waals surface area contributed by atoms with Crippen LogP contribution in [0.5, 0.6) is 0 Å². The zero-order valence-electron chi connectivity index (χ0n) is 14.3. The smallest absolute Gasteiger partial charge is 0.221 e. The predicted octanol–water partition coefficient (Wildman–Crippen LogP) is 4.58. The van der Waals surface area contributed by atoms with Crippen molar-refractivity contribution in [1.82, 2.24) is 5.32 Å². The number of hydrogen-bond donors (Lipinski definition) is 1. The van der Waals surface area contributed by atoms with E-state index in [1.165, 1.54) is 0 Å². The Hall–Kier alpha value is -1.96. The molecular formula is C20H18BrNO3S2. The van der Waals surface area contributed by atoms with Gasteiger partial charge in [-0.05, 0) is 39.2 Å². The molecule has 0 aliphatic carbocycles. The first-order chi connectivity index (χ1) is 13.0. The van der Waals surface area contributed by atoms with Crippen LogP contribution < -0.4 is 5.32 Å². The molecular weight excluding hydrogens is 446 g/mol. The highest BCUT2D eigenvalue weighted by atomic mass is 79.9. The third kappa shape index (κ3) is 5.28. The van der Waals surface area contributed by atoms with E-state index in [9.17, 15) is 13.2 Å². The van der Waals surface area contributed by atoms with E-state index >= 15 is 0 Å². The van der Waals surface area contributed by atoms with Crippen LogP contribution in [0.4, 0.5) is 0 Å². The van der Waals surface area contributed by atoms with Gasteiger partial charge in [-0.3, -0.25) is 4.79 Å². The SMILES string of the molecule is O=C(CCS(=O)(=O)c1ccc(Br)s1)NC(c1ccccc1)c1ccccc1. The summed E-state index contributed by atoms with van der Waals surface area (Å²) in [6.45, 7) is 0. The molecule has 27 heavy (non-hydrogen) atoms. The maximum Gasteiger partial charge on any atom is 0.221 e. The van der Waals surface area contributed by atoms with Crippen molar-refractivity contribution in [2.45, 2.75) is 16.7 Å². The largest absolute Gasteiger partial charge is 0.345 e. The normalized spacial score (nSPS) is 11.5. The van der Waals surface area contributed by atoms with Gasteiger partial charge < -0.3 is 5.32 Å². The zero-order valence-corrected chi connectivity index (χ0v) is 17.6. The van der Waals surface area contributed by atoms with E-state index in [4.69, 9.17) is 0 Å². The van der Waals surface area contributed by atoms with Gasteiger partial charge in [0.05, 0.1) is 15.6 Å². The summed E-state index contributed by atoms with van der Waals surface area (Å²) < 4.78 is 25.8. The third-order valence-corrected chi connectivity index (χ3v) is 7.94. The fourth-order valence-electron chi connectivity index (χ4n) is 2.68. The molecule has 0 atom stereocenters. The minimum absolute atomic E-state index is 0.0893. The number of thiophene rings is 1. The highest BCUT2D eigenvalue weighted by Crippen LogP contribution is 2.27. The number of benzene rings is 2. The minimum atomic E-state index is -3.47. The van der Waals surface area contributed by atoms with Crippen molar-refractivity contribution in [2.24, 2.45) is 0 Å². The van der Waals surface area contributed by atoms with E-state index in [1.807, 2.05) is 60.7 Å². The maximum absolute atomic E-state index is 12.5. The number of sulfone groups is 1. The summed E-state index contributed by atoms with van der Waals surface area (Å²) in [7, 11) is -3.47. The lowest BCUT2D eigenvalue weighted by Crippen LogP contribution is -2.30. The molecule has 1 heterocycles. The van der Waals surface area contributed by atoms with Crippen LogP contribution >= 0.6 is 27.3 Å². The van der Waals surface area contributed by atoms with Gasteiger partial charge in [0.25, 0.3) is 0 Å². The topological polar surface area (TPSA) is 63.2 Å². The first-order valence-electron chi connectivity index (χ1n) is 8.33. The molecule has 0 aliphatic rings. The summed E-state index contributed by atoms with van der Waals surface area (Å²) in [5, 5.41) is 2.97. The molecule has 140 valence electrons. The summed E-state index contributed by atoms with van der Waals surface area (Å²) in [5.41, 5.74) is 1.89. The standard InChI is InChI=1S/C20H18BrNO3S2/c21-17-11-12-19(26-17)27(24,25)14-13-18(23)22-20(15-7-3-1-4-8-15)16-9-5-2-6-10-16/h1-12,20H,13-14H2,(H,22,23). The number of hydrogen-bond acceptors (Lipinski definition) is 4. The fourth-order valence-corrected chi connectivity index (χ4v) is 6.07. The highest BCUT2D eigenvalue weighted by Gasteiger charge is 2.21. The molecule has 0 spiro atoms. The first kappa shape index (κ1) is 19.8. The van der Waals surface area contributed by atoms with Gasteiger partial charge in [-0.2, -0.15) is 0 Å². The maximum atomic E-state index is 12.5. The monoisotopic (exact) mass is 463 g/mol. The van der Waals surface area contributed by atoms with Crippen molar-refractivity contribution in [1.29, 1.82) is 0 Å². The third-order valence-electron chi connectivity index (χ3n) is 4.02. The van der Waals surface area contributed by atoms with Gasteiger partial charge in [-0.25, -0.2) is 8.42 Å². The second-order valence-electron chi connectivity index (χ2n) is 5.95. The molecule has 3 aromatic rings. The van der Waals surface area contributed by atoms with Crippen LogP contribution in [0.25, 0.3) is 0 Å². The van der Waals surface area contributed by atoms with Crippen LogP contribution in [-0.4, -0.2) is 20.1 Å². The van der Waals surface area contributed by atoms with Crippen LogP contribution in [-0.2, 0) is 14.6 Å². The minimum Gasteiger partial charge on any atom is -0.345 e. The molecule has 0 saturated heterocycles. The highest BCUT2D eigenvalue weighted by molar-refractivity contribution is 9.11. The molecule has 1 aromatic heterocycles. The Kier molecular flexibility index (Phi) is 6.46. The van der Waals surface area contributed by atoms with Gasteiger partial charge in [0, 0.05) is 6.42 Å². The molecule has 0 aliphatic heterocycles. The summed E-state index contributed by atoms with van der Waals surface area (Å²) in [6.07, 6.45) is -0.0893. The number of amides is 1. The van der Waals surface area contributed by atoms with E-state index in [-0.39, 0.29) is 28.3 Å². The van der Waals surface area contributed by atoms with Gasteiger partial charge in [0.1, 0.15) is 4.21 Å². The Balaban J connectivity index is 1.72. The second-order valence-corrected chi connectivity index (χ2v) is 10.7. The number of carbonyl (C=O) groups is 1. The van der Waals surface area contributed by atoms with Gasteiger partial charge in [-0.15, -0.1) is 11.3 Å². The van der Waals surface area contributed by atoms with Gasteiger partial charge >= 0.3 is 0 Å². The number of nitrogens with one attached hydrogen (secondary N) is 1. The van der Waals surface area contributed by atoms with Crippen molar-refractivity contribution >= 4 is 43.0 Å². The predicted molar refractivity (Wildman–Crippen MR) is 112 cm³/mol. The Labute approximate surface area is 171 Å². The Bertz CT molecular complexity index is 962. The Morgan fingerprint density at radius 3 is 1.96 bits per heavy atom. The quantitative estimate of drug-likeness (QED) is 0.557. The molecule has 3 rings (SSSR count). The first-order valence-corrected chi connectivity index (χ1v) is 11.6. The van der Waals surface area contributed by atoms with Crippen LogP contribution in [0.1, 0.15) is 23.6 Å². The van der Waals surface area contributed by atoms with Gasteiger partial charge in [0.2, 0.25) is 5.91 Å². The van der Waals surface area contributed by atoms with Crippen molar-refractivity contribution in [2.75, 3.05) is 5.75 Å². The van der Waals surface area contributed by atoms with E-state index in [0.717, 1.165) is 26.3 Å². The molecule has 2 aromatic carbocycles. The zero-order chi connectivity index (χ0) is 19.3. The Morgan fingerprint density at radius 1 is 0.926 bits per heavy atom. The molecule has 0 bridgehead atoms. The lowest BCUT2D eigenvalue weighted by Gasteiger charge is -2.20. The molecule has 1 amide bonds. The summed E-state index contributed by atoms with van der Waals surface area (Å²) >= 11 is 4.41. The molecule has 0 radical (unpaired) electrons.